The standard InChI is InChI=1S/C16H18OS/c1-2-13-7-8-14(18-13)10-12-9-11-5-3-4-6-15(11)16(12)17/h3-8,12,16-17H,2,9-10H2,1H3. The van der Waals surface area contributed by atoms with Gasteiger partial charge in [0.15, 0.2) is 0 Å². The minimum atomic E-state index is -0.284. The second-order valence-corrected chi connectivity index (χ2v) is 6.29. The van der Waals surface area contributed by atoms with Crippen molar-refractivity contribution in [3.63, 3.8) is 0 Å². The van der Waals surface area contributed by atoms with Gasteiger partial charge in [-0.1, -0.05) is 31.2 Å². The van der Waals surface area contributed by atoms with E-state index in [0.717, 1.165) is 24.8 Å². The van der Waals surface area contributed by atoms with E-state index in [0.29, 0.717) is 5.92 Å². The van der Waals surface area contributed by atoms with Crippen LogP contribution in [-0.4, -0.2) is 5.11 Å². The van der Waals surface area contributed by atoms with Crippen molar-refractivity contribution in [2.75, 3.05) is 0 Å². The summed E-state index contributed by atoms with van der Waals surface area (Å²) in [4.78, 5) is 2.85. The molecule has 1 nitrogen and oxygen atoms in total. The van der Waals surface area contributed by atoms with Crippen molar-refractivity contribution in [2.45, 2.75) is 32.3 Å². The summed E-state index contributed by atoms with van der Waals surface area (Å²) in [5.41, 5.74) is 2.46. The highest BCUT2D eigenvalue weighted by atomic mass is 32.1. The molecule has 0 fully saturated rings. The Morgan fingerprint density at radius 2 is 1.94 bits per heavy atom. The van der Waals surface area contributed by atoms with Crippen LogP contribution in [0.15, 0.2) is 36.4 Å². The van der Waals surface area contributed by atoms with Gasteiger partial charge in [-0.25, -0.2) is 0 Å². The first-order chi connectivity index (χ1) is 8.78. The van der Waals surface area contributed by atoms with Gasteiger partial charge in [-0.15, -0.1) is 11.3 Å². The van der Waals surface area contributed by atoms with Crippen molar-refractivity contribution in [3.8, 4) is 0 Å². The molecule has 3 rings (SSSR count). The third-order valence-electron chi connectivity index (χ3n) is 3.83. The van der Waals surface area contributed by atoms with E-state index in [1.165, 1.54) is 15.3 Å². The summed E-state index contributed by atoms with van der Waals surface area (Å²) < 4.78 is 0. The first-order valence-corrected chi connectivity index (χ1v) is 7.43. The van der Waals surface area contributed by atoms with Gasteiger partial charge in [-0.2, -0.15) is 0 Å². The monoisotopic (exact) mass is 258 g/mol. The van der Waals surface area contributed by atoms with Crippen molar-refractivity contribution >= 4 is 11.3 Å². The number of hydrogen-bond donors (Lipinski definition) is 1. The van der Waals surface area contributed by atoms with Gasteiger partial charge in [-0.3, -0.25) is 0 Å². The second-order valence-electron chi connectivity index (χ2n) is 5.03. The molecule has 1 aromatic carbocycles. The highest BCUT2D eigenvalue weighted by molar-refractivity contribution is 7.11. The van der Waals surface area contributed by atoms with Crippen molar-refractivity contribution in [1.29, 1.82) is 0 Å². The second kappa shape index (κ2) is 4.87. The quantitative estimate of drug-likeness (QED) is 0.888. The molecule has 94 valence electrons. The van der Waals surface area contributed by atoms with Crippen LogP contribution in [0.5, 0.6) is 0 Å². The largest absolute Gasteiger partial charge is 0.388 e. The molecule has 0 bridgehead atoms. The molecule has 1 N–H and O–H groups in total. The van der Waals surface area contributed by atoms with Crippen LogP contribution in [0.3, 0.4) is 0 Å². The molecule has 0 amide bonds. The Labute approximate surface area is 112 Å². The molecule has 1 aliphatic carbocycles. The Bertz CT molecular complexity index is 544. The number of benzene rings is 1. The molecule has 0 radical (unpaired) electrons. The molecule has 1 aliphatic rings. The molecule has 1 heterocycles. The predicted octanol–water partition coefficient (Wildman–Crippen LogP) is 3.76. The summed E-state index contributed by atoms with van der Waals surface area (Å²) in [6.45, 7) is 2.19. The summed E-state index contributed by atoms with van der Waals surface area (Å²) in [5.74, 6) is 0.353. The number of thiophene rings is 1. The average molecular weight is 258 g/mol. The minimum Gasteiger partial charge on any atom is -0.388 e. The molecule has 2 aromatic rings. The van der Waals surface area contributed by atoms with Gasteiger partial charge in [-0.05, 0) is 48.4 Å². The van der Waals surface area contributed by atoms with E-state index in [4.69, 9.17) is 0 Å². The number of fused-ring (bicyclic) bond motifs is 1. The topological polar surface area (TPSA) is 20.2 Å². The third kappa shape index (κ3) is 2.11. The fraction of sp³-hybridized carbons (Fsp3) is 0.375. The van der Waals surface area contributed by atoms with Crippen LogP contribution >= 0.6 is 11.3 Å². The van der Waals surface area contributed by atoms with Crippen LogP contribution in [0.4, 0.5) is 0 Å². The third-order valence-corrected chi connectivity index (χ3v) is 5.08. The normalized spacial score (nSPS) is 22.1. The number of aliphatic hydroxyl groups excluding tert-OH is 1. The van der Waals surface area contributed by atoms with E-state index in [1.54, 1.807) is 0 Å². The Morgan fingerprint density at radius 3 is 2.67 bits per heavy atom. The zero-order valence-electron chi connectivity index (χ0n) is 10.6. The fourth-order valence-corrected chi connectivity index (χ4v) is 3.87. The molecular formula is C16H18OS. The highest BCUT2D eigenvalue weighted by Crippen LogP contribution is 2.38. The molecule has 1 aromatic heterocycles. The summed E-state index contributed by atoms with van der Waals surface area (Å²) in [5, 5.41) is 10.4. The summed E-state index contributed by atoms with van der Waals surface area (Å²) in [6, 6.07) is 12.7. The van der Waals surface area contributed by atoms with Crippen molar-refractivity contribution in [3.05, 3.63) is 57.3 Å². The lowest BCUT2D eigenvalue weighted by molar-refractivity contribution is 0.124. The van der Waals surface area contributed by atoms with E-state index >= 15 is 0 Å². The summed E-state index contributed by atoms with van der Waals surface area (Å²) in [6.07, 6.45) is 2.84. The molecule has 0 aliphatic heterocycles. The molecule has 18 heavy (non-hydrogen) atoms. The molecule has 0 spiro atoms. The molecule has 2 atom stereocenters. The summed E-state index contributed by atoms with van der Waals surface area (Å²) in [7, 11) is 0. The molecule has 2 heteroatoms. The average Bonchev–Trinajstić information content (AvgIpc) is 2.97. The molecule has 0 saturated heterocycles. The number of rotatable bonds is 3. The molecule has 0 saturated carbocycles. The zero-order valence-corrected chi connectivity index (χ0v) is 11.4. The Hall–Kier alpha value is -1.12. The van der Waals surface area contributed by atoms with Crippen LogP contribution < -0.4 is 0 Å². The molecule has 2 unspecified atom stereocenters. The lowest BCUT2D eigenvalue weighted by atomic mass is 9.99. The van der Waals surface area contributed by atoms with E-state index in [-0.39, 0.29) is 6.10 Å². The maximum Gasteiger partial charge on any atom is 0.0827 e. The van der Waals surface area contributed by atoms with Gasteiger partial charge in [0.05, 0.1) is 6.10 Å². The molecular weight excluding hydrogens is 240 g/mol. The van der Waals surface area contributed by atoms with E-state index in [2.05, 4.69) is 37.3 Å². The lowest BCUT2D eigenvalue weighted by Gasteiger charge is -2.13. The van der Waals surface area contributed by atoms with Gasteiger partial charge in [0.1, 0.15) is 0 Å². The Kier molecular flexibility index (Phi) is 3.23. The van der Waals surface area contributed by atoms with Gasteiger partial charge < -0.3 is 5.11 Å². The van der Waals surface area contributed by atoms with Crippen molar-refractivity contribution in [1.82, 2.24) is 0 Å². The number of aryl methyl sites for hydroxylation is 1. The first-order valence-electron chi connectivity index (χ1n) is 6.61. The van der Waals surface area contributed by atoms with Crippen molar-refractivity contribution < 1.29 is 5.11 Å². The van der Waals surface area contributed by atoms with Crippen LogP contribution in [-0.2, 0) is 19.3 Å². The smallest absolute Gasteiger partial charge is 0.0827 e. The minimum absolute atomic E-state index is 0.284. The Morgan fingerprint density at radius 1 is 1.17 bits per heavy atom. The predicted molar refractivity (Wildman–Crippen MR) is 76.0 cm³/mol. The lowest BCUT2D eigenvalue weighted by Crippen LogP contribution is -2.09. The van der Waals surface area contributed by atoms with E-state index in [1.807, 2.05) is 17.4 Å². The van der Waals surface area contributed by atoms with Gasteiger partial charge >= 0.3 is 0 Å². The van der Waals surface area contributed by atoms with Gasteiger partial charge in [0, 0.05) is 9.75 Å². The van der Waals surface area contributed by atoms with Crippen LogP contribution in [0.25, 0.3) is 0 Å². The summed E-state index contributed by atoms with van der Waals surface area (Å²) >= 11 is 1.89. The maximum absolute atomic E-state index is 10.4. The zero-order chi connectivity index (χ0) is 12.5. The van der Waals surface area contributed by atoms with Crippen LogP contribution in [0.1, 0.15) is 33.9 Å². The van der Waals surface area contributed by atoms with Gasteiger partial charge in [0.2, 0.25) is 0 Å². The van der Waals surface area contributed by atoms with Crippen LogP contribution in [0.2, 0.25) is 0 Å². The van der Waals surface area contributed by atoms with E-state index in [9.17, 15) is 5.11 Å². The highest BCUT2D eigenvalue weighted by Gasteiger charge is 2.30. The van der Waals surface area contributed by atoms with E-state index < -0.39 is 0 Å². The number of aliphatic hydroxyl groups is 1. The maximum atomic E-state index is 10.4. The fourth-order valence-electron chi connectivity index (χ4n) is 2.82. The van der Waals surface area contributed by atoms with Crippen LogP contribution in [0, 0.1) is 5.92 Å². The SMILES string of the molecule is CCc1ccc(CC2Cc3ccccc3C2O)s1. The first kappa shape index (κ1) is 11.9. The number of hydrogen-bond acceptors (Lipinski definition) is 2. The van der Waals surface area contributed by atoms with Crippen molar-refractivity contribution in [2.24, 2.45) is 5.92 Å². The van der Waals surface area contributed by atoms with Gasteiger partial charge in [0.25, 0.3) is 0 Å². The Balaban J connectivity index is 1.76.